The lowest BCUT2D eigenvalue weighted by Crippen LogP contribution is -2.49. The average Bonchev–Trinajstić information content (AvgIpc) is 4.10. The molecule has 300 valence electrons. The molecule has 2 saturated heterocycles. The van der Waals surface area contributed by atoms with Crippen LogP contribution in [-0.4, -0.2) is 79.8 Å². The van der Waals surface area contributed by atoms with Crippen molar-refractivity contribution in [3.63, 3.8) is 0 Å². The van der Waals surface area contributed by atoms with Crippen LogP contribution in [0.15, 0.2) is 91.3 Å². The van der Waals surface area contributed by atoms with Crippen molar-refractivity contribution in [3.8, 4) is 33.6 Å². The number of carbonyl (C=O) groups is 4. The van der Waals surface area contributed by atoms with E-state index in [0.717, 1.165) is 102 Å². The standard InChI is InChI=1S/C45H50N8O5/c1-28(54)48-40(33-10-4-3-5-11-33)44(56)53-25-9-15-39(53)42-47-27-37(50-42)32-22-18-30(19-23-32)29-16-20-31(21-17-29)36-26-46-41(49-36)38-14-8-24-52(38)43(55)34-12-6-7-13-35(34)51-45(57)58-2/h3-5,10-11,16-23,26-27,34-35,38-40H,6-9,12-15,24-25H2,1-2H3,(H,46,49)(H,47,50)(H,48,54)(H,51,57)/t34?,35?,38-,39-,40+/m0/s1. The van der Waals surface area contributed by atoms with Crippen molar-refractivity contribution < 1.29 is 23.9 Å². The molecule has 0 radical (unpaired) electrons. The van der Waals surface area contributed by atoms with Crippen LogP contribution in [0.3, 0.4) is 0 Å². The van der Waals surface area contributed by atoms with Crippen molar-refractivity contribution >= 4 is 23.8 Å². The number of imidazole rings is 2. The van der Waals surface area contributed by atoms with E-state index in [1.165, 1.54) is 14.0 Å². The number of aromatic amines is 2. The van der Waals surface area contributed by atoms with Crippen LogP contribution in [-0.2, 0) is 19.1 Å². The molecule has 2 unspecified atom stereocenters. The van der Waals surface area contributed by atoms with Crippen molar-refractivity contribution in [1.29, 1.82) is 0 Å². The van der Waals surface area contributed by atoms with Gasteiger partial charge >= 0.3 is 6.09 Å². The first-order valence-corrected chi connectivity index (χ1v) is 20.4. The van der Waals surface area contributed by atoms with Gasteiger partial charge in [0.2, 0.25) is 17.7 Å². The Morgan fingerprint density at radius 1 is 0.690 bits per heavy atom. The Hall–Kier alpha value is -6.24. The minimum Gasteiger partial charge on any atom is -0.453 e. The fraction of sp³-hybridized carbons (Fsp3) is 0.378. The van der Waals surface area contributed by atoms with Crippen molar-refractivity contribution in [2.45, 2.75) is 82.5 Å². The van der Waals surface area contributed by atoms with Gasteiger partial charge in [0, 0.05) is 26.1 Å². The Balaban J connectivity index is 0.915. The maximum absolute atomic E-state index is 13.9. The molecule has 4 heterocycles. The van der Waals surface area contributed by atoms with Crippen LogP contribution in [0.4, 0.5) is 4.79 Å². The van der Waals surface area contributed by atoms with Crippen molar-refractivity contribution in [2.24, 2.45) is 5.92 Å². The number of likely N-dealkylation sites (tertiary alicyclic amines) is 2. The Labute approximate surface area is 338 Å². The van der Waals surface area contributed by atoms with Crippen LogP contribution in [0.1, 0.15) is 93.6 Å². The number of nitrogens with zero attached hydrogens (tertiary/aromatic N) is 4. The lowest BCUT2D eigenvalue weighted by atomic mass is 9.83. The van der Waals surface area contributed by atoms with Crippen LogP contribution >= 0.6 is 0 Å². The number of aromatic nitrogens is 4. The number of benzene rings is 3. The minimum absolute atomic E-state index is 0.0781. The number of carbonyl (C=O) groups excluding carboxylic acids is 4. The number of hydrogen-bond donors (Lipinski definition) is 4. The normalized spacial score (nSPS) is 21.1. The van der Waals surface area contributed by atoms with E-state index in [-0.39, 0.29) is 41.8 Å². The van der Waals surface area contributed by atoms with E-state index in [4.69, 9.17) is 14.7 Å². The Morgan fingerprint density at radius 3 is 1.79 bits per heavy atom. The third-order valence-electron chi connectivity index (χ3n) is 11.9. The van der Waals surface area contributed by atoms with Crippen molar-refractivity contribution in [3.05, 3.63) is 108 Å². The molecule has 1 saturated carbocycles. The number of ether oxygens (including phenoxy) is 1. The first kappa shape index (κ1) is 38.6. The lowest BCUT2D eigenvalue weighted by molar-refractivity contribution is -0.138. The first-order valence-electron chi connectivity index (χ1n) is 20.4. The number of hydrogen-bond acceptors (Lipinski definition) is 7. The highest BCUT2D eigenvalue weighted by Crippen LogP contribution is 2.37. The van der Waals surface area contributed by atoms with E-state index >= 15 is 0 Å². The molecule has 0 bridgehead atoms. The van der Waals surface area contributed by atoms with Crippen LogP contribution in [0.5, 0.6) is 0 Å². The topological polar surface area (TPSA) is 165 Å². The van der Waals surface area contributed by atoms with Gasteiger partial charge in [-0.3, -0.25) is 14.4 Å². The summed E-state index contributed by atoms with van der Waals surface area (Å²) in [6.07, 6.45) is 10.00. The lowest BCUT2D eigenvalue weighted by Gasteiger charge is -2.35. The zero-order valence-electron chi connectivity index (χ0n) is 32.9. The van der Waals surface area contributed by atoms with Crippen LogP contribution in [0.2, 0.25) is 0 Å². The Kier molecular flexibility index (Phi) is 11.4. The third kappa shape index (κ3) is 8.11. The second kappa shape index (κ2) is 17.1. The summed E-state index contributed by atoms with van der Waals surface area (Å²) < 4.78 is 4.83. The monoisotopic (exact) mass is 782 g/mol. The van der Waals surface area contributed by atoms with Crippen LogP contribution in [0, 0.1) is 5.92 Å². The summed E-state index contributed by atoms with van der Waals surface area (Å²) in [5, 5.41) is 5.75. The quantitative estimate of drug-likeness (QED) is 0.116. The Morgan fingerprint density at radius 2 is 1.22 bits per heavy atom. The SMILES string of the molecule is COC(=O)NC1CCCCC1C(=O)N1CCC[C@H]1c1ncc(-c2ccc(-c3ccc(-c4cnc([C@@H]5CCCN5C(=O)[C@H](NC(C)=O)c5ccccc5)[nH]4)cc3)cc2)[nH]1. The summed E-state index contributed by atoms with van der Waals surface area (Å²) in [5.74, 6) is 0.928. The number of alkyl carbamates (subject to hydrolysis) is 1. The molecule has 8 rings (SSSR count). The summed E-state index contributed by atoms with van der Waals surface area (Å²) in [4.78, 5) is 72.0. The largest absolute Gasteiger partial charge is 0.453 e. The molecule has 5 aromatic rings. The fourth-order valence-electron chi connectivity index (χ4n) is 8.94. The number of rotatable bonds is 10. The molecule has 13 heteroatoms. The third-order valence-corrected chi connectivity index (χ3v) is 11.9. The molecule has 3 aliphatic rings. The zero-order valence-corrected chi connectivity index (χ0v) is 32.9. The van der Waals surface area contributed by atoms with E-state index in [9.17, 15) is 19.2 Å². The smallest absolute Gasteiger partial charge is 0.407 e. The van der Waals surface area contributed by atoms with E-state index in [1.54, 1.807) is 0 Å². The summed E-state index contributed by atoms with van der Waals surface area (Å²) in [6, 6.07) is 24.7. The van der Waals surface area contributed by atoms with Crippen LogP contribution < -0.4 is 10.6 Å². The maximum atomic E-state index is 13.9. The first-order chi connectivity index (χ1) is 28.3. The molecule has 13 nitrogen and oxygen atoms in total. The van der Waals surface area contributed by atoms with Gasteiger partial charge in [-0.2, -0.15) is 0 Å². The second-order valence-corrected chi connectivity index (χ2v) is 15.6. The summed E-state index contributed by atoms with van der Waals surface area (Å²) in [5.41, 5.74) is 6.64. The number of nitrogens with one attached hydrogen (secondary N) is 4. The molecule has 1 aliphatic carbocycles. The van der Waals surface area contributed by atoms with E-state index in [0.29, 0.717) is 13.1 Å². The molecule has 3 fully saturated rings. The highest BCUT2D eigenvalue weighted by atomic mass is 16.5. The molecule has 3 aromatic carbocycles. The molecular formula is C45H50N8O5. The summed E-state index contributed by atoms with van der Waals surface area (Å²) in [7, 11) is 1.35. The van der Waals surface area contributed by atoms with Crippen molar-refractivity contribution in [1.82, 2.24) is 40.4 Å². The molecule has 4 amide bonds. The van der Waals surface area contributed by atoms with E-state index in [2.05, 4.69) is 69.1 Å². The number of H-pyrrole nitrogens is 2. The molecular weight excluding hydrogens is 733 g/mol. The highest BCUT2D eigenvalue weighted by molar-refractivity contribution is 5.88. The van der Waals surface area contributed by atoms with Gasteiger partial charge in [-0.1, -0.05) is 91.7 Å². The second-order valence-electron chi connectivity index (χ2n) is 15.6. The van der Waals surface area contributed by atoms with Gasteiger partial charge < -0.3 is 35.1 Å². The average molecular weight is 783 g/mol. The van der Waals surface area contributed by atoms with Crippen LogP contribution in [0.25, 0.3) is 33.6 Å². The number of methoxy groups -OCH3 is 1. The van der Waals surface area contributed by atoms with E-state index < -0.39 is 12.1 Å². The highest BCUT2D eigenvalue weighted by Gasteiger charge is 2.40. The van der Waals surface area contributed by atoms with Gasteiger partial charge in [0.05, 0.1) is 48.9 Å². The molecule has 0 spiro atoms. The zero-order chi connectivity index (χ0) is 40.2. The van der Waals surface area contributed by atoms with Gasteiger partial charge in [-0.05, 0) is 66.3 Å². The predicted molar refractivity (Wildman–Crippen MR) is 219 cm³/mol. The summed E-state index contributed by atoms with van der Waals surface area (Å²) >= 11 is 0. The van der Waals surface area contributed by atoms with Gasteiger partial charge in [-0.15, -0.1) is 0 Å². The Bertz CT molecular complexity index is 2230. The summed E-state index contributed by atoms with van der Waals surface area (Å²) in [6.45, 7) is 2.70. The van der Waals surface area contributed by atoms with Gasteiger partial charge in [0.25, 0.3) is 0 Å². The minimum atomic E-state index is -0.758. The van der Waals surface area contributed by atoms with Gasteiger partial charge in [0.15, 0.2) is 0 Å². The molecule has 5 atom stereocenters. The number of amides is 4. The van der Waals surface area contributed by atoms with Gasteiger partial charge in [0.1, 0.15) is 17.7 Å². The molecule has 2 aromatic heterocycles. The maximum Gasteiger partial charge on any atom is 0.407 e. The van der Waals surface area contributed by atoms with Crippen molar-refractivity contribution in [2.75, 3.05) is 20.2 Å². The predicted octanol–water partition coefficient (Wildman–Crippen LogP) is 7.25. The van der Waals surface area contributed by atoms with E-state index in [1.807, 2.05) is 52.5 Å². The molecule has 58 heavy (non-hydrogen) atoms. The molecule has 2 aliphatic heterocycles. The fourth-order valence-corrected chi connectivity index (χ4v) is 8.94. The van der Waals surface area contributed by atoms with Gasteiger partial charge in [-0.25, -0.2) is 14.8 Å². The molecule has 4 N–H and O–H groups in total.